The van der Waals surface area contributed by atoms with E-state index in [9.17, 15) is 0 Å². The fraction of sp³-hybridized carbons (Fsp3) is 0.294. The molecule has 2 aromatic rings. The molecule has 1 heterocycles. The van der Waals surface area contributed by atoms with Crippen molar-refractivity contribution < 1.29 is 5.11 Å². The van der Waals surface area contributed by atoms with Gasteiger partial charge < -0.3 is 10.4 Å². The SMILES string of the molecule is OC[C@H]1C=C[C@@H](NCc2cc(-c3ccccc3)cs2)C1. The number of benzene rings is 1. The van der Waals surface area contributed by atoms with Crippen LogP contribution in [0.5, 0.6) is 0 Å². The van der Waals surface area contributed by atoms with Gasteiger partial charge in [0.05, 0.1) is 0 Å². The molecule has 1 aromatic heterocycles. The van der Waals surface area contributed by atoms with Crippen molar-refractivity contribution >= 4 is 11.3 Å². The average molecular weight is 285 g/mol. The highest BCUT2D eigenvalue weighted by Gasteiger charge is 2.17. The van der Waals surface area contributed by atoms with E-state index in [4.69, 9.17) is 5.11 Å². The Morgan fingerprint density at radius 2 is 2.00 bits per heavy atom. The van der Waals surface area contributed by atoms with Crippen LogP contribution < -0.4 is 5.32 Å². The zero-order valence-corrected chi connectivity index (χ0v) is 12.1. The summed E-state index contributed by atoms with van der Waals surface area (Å²) in [7, 11) is 0. The van der Waals surface area contributed by atoms with Crippen molar-refractivity contribution in [3.8, 4) is 11.1 Å². The Morgan fingerprint density at radius 3 is 2.75 bits per heavy atom. The second-order valence-corrected chi connectivity index (χ2v) is 6.21. The maximum Gasteiger partial charge on any atom is 0.0494 e. The van der Waals surface area contributed by atoms with Gasteiger partial charge in [0.1, 0.15) is 0 Å². The third-order valence-corrected chi connectivity index (χ3v) is 4.64. The first-order valence-corrected chi connectivity index (χ1v) is 7.88. The molecule has 3 rings (SSSR count). The van der Waals surface area contributed by atoms with Crippen molar-refractivity contribution in [2.24, 2.45) is 5.92 Å². The molecule has 0 bridgehead atoms. The third kappa shape index (κ3) is 3.18. The van der Waals surface area contributed by atoms with E-state index in [1.807, 2.05) is 6.07 Å². The van der Waals surface area contributed by atoms with Crippen LogP contribution in [0.1, 0.15) is 11.3 Å². The van der Waals surface area contributed by atoms with Crippen molar-refractivity contribution in [1.29, 1.82) is 0 Å². The lowest BCUT2D eigenvalue weighted by Crippen LogP contribution is -2.25. The van der Waals surface area contributed by atoms with Crippen molar-refractivity contribution in [2.45, 2.75) is 19.0 Å². The topological polar surface area (TPSA) is 32.3 Å². The van der Waals surface area contributed by atoms with Gasteiger partial charge in [-0.2, -0.15) is 0 Å². The average Bonchev–Trinajstić information content (AvgIpc) is 3.15. The maximum absolute atomic E-state index is 9.12. The van der Waals surface area contributed by atoms with Crippen LogP contribution in [0, 0.1) is 5.92 Å². The van der Waals surface area contributed by atoms with Crippen LogP contribution >= 0.6 is 11.3 Å². The molecule has 3 heteroatoms. The van der Waals surface area contributed by atoms with Crippen LogP contribution in [-0.4, -0.2) is 17.8 Å². The Balaban J connectivity index is 1.57. The van der Waals surface area contributed by atoms with Gasteiger partial charge in [-0.1, -0.05) is 42.5 Å². The predicted octanol–water partition coefficient (Wildman–Crippen LogP) is 3.44. The number of aliphatic hydroxyl groups is 1. The summed E-state index contributed by atoms with van der Waals surface area (Å²) in [6.45, 7) is 1.15. The number of rotatable bonds is 5. The van der Waals surface area contributed by atoms with E-state index in [1.165, 1.54) is 16.0 Å². The molecule has 0 radical (unpaired) electrons. The van der Waals surface area contributed by atoms with E-state index >= 15 is 0 Å². The summed E-state index contributed by atoms with van der Waals surface area (Å²) in [5, 5.41) is 14.9. The van der Waals surface area contributed by atoms with Crippen LogP contribution in [0.4, 0.5) is 0 Å². The normalized spacial score (nSPS) is 21.4. The number of hydrogen-bond acceptors (Lipinski definition) is 3. The number of aliphatic hydroxyl groups excluding tert-OH is 1. The van der Waals surface area contributed by atoms with E-state index in [-0.39, 0.29) is 6.61 Å². The summed E-state index contributed by atoms with van der Waals surface area (Å²) in [5.74, 6) is 0.329. The van der Waals surface area contributed by atoms with E-state index in [2.05, 4.69) is 53.2 Å². The zero-order valence-electron chi connectivity index (χ0n) is 11.3. The molecular formula is C17H19NOS. The third-order valence-electron chi connectivity index (χ3n) is 3.71. The molecule has 2 atom stereocenters. The second-order valence-electron chi connectivity index (χ2n) is 5.22. The van der Waals surface area contributed by atoms with Gasteiger partial charge in [0.25, 0.3) is 0 Å². The van der Waals surface area contributed by atoms with Crippen molar-refractivity contribution in [1.82, 2.24) is 5.32 Å². The molecular weight excluding hydrogens is 266 g/mol. The molecule has 0 unspecified atom stereocenters. The molecule has 1 aromatic carbocycles. The molecule has 2 nitrogen and oxygen atoms in total. The monoisotopic (exact) mass is 285 g/mol. The Hall–Kier alpha value is -1.42. The molecule has 104 valence electrons. The summed E-state index contributed by atoms with van der Waals surface area (Å²) in [6.07, 6.45) is 5.29. The Bertz CT molecular complexity index is 576. The summed E-state index contributed by atoms with van der Waals surface area (Å²) in [5.41, 5.74) is 2.57. The highest BCUT2D eigenvalue weighted by atomic mass is 32.1. The molecule has 0 fully saturated rings. The van der Waals surface area contributed by atoms with E-state index < -0.39 is 0 Å². The van der Waals surface area contributed by atoms with Crippen LogP contribution in [0.25, 0.3) is 11.1 Å². The summed E-state index contributed by atoms with van der Waals surface area (Å²) < 4.78 is 0. The lowest BCUT2D eigenvalue weighted by molar-refractivity contribution is 0.246. The molecule has 1 aliphatic carbocycles. The minimum atomic E-state index is 0.256. The van der Waals surface area contributed by atoms with Crippen LogP contribution in [0.2, 0.25) is 0 Å². The highest BCUT2D eigenvalue weighted by Crippen LogP contribution is 2.26. The second kappa shape index (κ2) is 6.35. The number of hydrogen-bond donors (Lipinski definition) is 2. The first-order chi connectivity index (χ1) is 9.85. The molecule has 0 spiro atoms. The zero-order chi connectivity index (χ0) is 13.8. The molecule has 2 N–H and O–H groups in total. The molecule has 1 aliphatic rings. The van der Waals surface area contributed by atoms with Crippen LogP contribution in [0.3, 0.4) is 0 Å². The minimum absolute atomic E-state index is 0.256. The number of thiophene rings is 1. The lowest BCUT2D eigenvalue weighted by atomic mass is 10.1. The van der Waals surface area contributed by atoms with Gasteiger partial charge in [0.2, 0.25) is 0 Å². The Kier molecular flexibility index (Phi) is 4.31. The van der Waals surface area contributed by atoms with Gasteiger partial charge in [0.15, 0.2) is 0 Å². The summed E-state index contributed by atoms with van der Waals surface area (Å²) in [6, 6.07) is 13.1. The first-order valence-electron chi connectivity index (χ1n) is 7.00. The molecule has 0 aliphatic heterocycles. The molecule has 20 heavy (non-hydrogen) atoms. The van der Waals surface area contributed by atoms with E-state index in [0.717, 1.165) is 13.0 Å². The fourth-order valence-electron chi connectivity index (χ4n) is 2.55. The molecule has 0 amide bonds. The Morgan fingerprint density at radius 1 is 1.15 bits per heavy atom. The largest absolute Gasteiger partial charge is 0.396 e. The van der Waals surface area contributed by atoms with E-state index in [1.54, 1.807) is 11.3 Å². The van der Waals surface area contributed by atoms with Gasteiger partial charge in [-0.05, 0) is 29.0 Å². The standard InChI is InChI=1S/C17H19NOS/c19-11-13-6-7-16(8-13)18-10-17-9-15(12-20-17)14-4-2-1-3-5-14/h1-7,9,12-13,16,18-19H,8,10-11H2/t13-,16+/m0/s1. The van der Waals surface area contributed by atoms with Crippen LogP contribution in [-0.2, 0) is 6.54 Å². The van der Waals surface area contributed by atoms with Gasteiger partial charge >= 0.3 is 0 Å². The van der Waals surface area contributed by atoms with Crippen molar-refractivity contribution in [3.05, 3.63) is 58.8 Å². The van der Waals surface area contributed by atoms with Gasteiger partial charge in [-0.15, -0.1) is 11.3 Å². The van der Waals surface area contributed by atoms with Gasteiger partial charge in [-0.25, -0.2) is 0 Å². The minimum Gasteiger partial charge on any atom is -0.396 e. The highest BCUT2D eigenvalue weighted by molar-refractivity contribution is 7.10. The van der Waals surface area contributed by atoms with Gasteiger partial charge in [0, 0.05) is 30.0 Å². The quantitative estimate of drug-likeness (QED) is 0.825. The molecule has 0 saturated heterocycles. The van der Waals surface area contributed by atoms with Gasteiger partial charge in [-0.3, -0.25) is 0 Å². The van der Waals surface area contributed by atoms with E-state index in [0.29, 0.717) is 12.0 Å². The van der Waals surface area contributed by atoms with Crippen LogP contribution in [0.15, 0.2) is 53.9 Å². The summed E-state index contributed by atoms with van der Waals surface area (Å²) >= 11 is 1.80. The summed E-state index contributed by atoms with van der Waals surface area (Å²) in [4.78, 5) is 1.35. The molecule has 0 saturated carbocycles. The maximum atomic E-state index is 9.12. The predicted molar refractivity (Wildman–Crippen MR) is 84.7 cm³/mol. The first kappa shape index (κ1) is 13.6. The lowest BCUT2D eigenvalue weighted by Gasteiger charge is -2.11. The van der Waals surface area contributed by atoms with Crippen molar-refractivity contribution in [2.75, 3.05) is 6.61 Å². The smallest absolute Gasteiger partial charge is 0.0494 e. The number of nitrogens with one attached hydrogen (secondary N) is 1. The Labute approximate surface area is 123 Å². The van der Waals surface area contributed by atoms with Crippen molar-refractivity contribution in [3.63, 3.8) is 0 Å². The fourth-order valence-corrected chi connectivity index (χ4v) is 3.39.